The minimum atomic E-state index is -5.01. The predicted molar refractivity (Wildman–Crippen MR) is 445 cm³/mol. The summed E-state index contributed by atoms with van der Waals surface area (Å²) in [5.41, 5.74) is 0. The smallest absolute Gasteiger partial charge is 0.462 e. The second kappa shape index (κ2) is 79.5. The third kappa shape index (κ3) is 78.5. The highest BCUT2D eigenvalue weighted by molar-refractivity contribution is 7.47. The molecular formula is C89H146O17P2. The Balaban J connectivity index is 5.47. The highest BCUT2D eigenvalue weighted by Gasteiger charge is 2.30. The van der Waals surface area contributed by atoms with Crippen LogP contribution in [0, 0.1) is 0 Å². The number of hydrogen-bond acceptors (Lipinski definition) is 15. The minimum absolute atomic E-state index is 0.0271. The van der Waals surface area contributed by atoms with E-state index in [9.17, 15) is 43.2 Å². The number of carbonyl (C=O) groups is 4. The van der Waals surface area contributed by atoms with E-state index in [4.69, 9.17) is 37.0 Å². The molecule has 0 heterocycles. The van der Waals surface area contributed by atoms with E-state index in [1.54, 1.807) is 0 Å². The van der Waals surface area contributed by atoms with Crippen LogP contribution in [0.4, 0.5) is 0 Å². The topological polar surface area (TPSA) is 237 Å². The van der Waals surface area contributed by atoms with Crippen molar-refractivity contribution in [3.05, 3.63) is 170 Å². The van der Waals surface area contributed by atoms with Gasteiger partial charge >= 0.3 is 39.5 Å². The van der Waals surface area contributed by atoms with Gasteiger partial charge in [-0.05, 0) is 180 Å². The molecule has 614 valence electrons. The summed E-state index contributed by atoms with van der Waals surface area (Å²) in [5.74, 6) is -2.31. The molecule has 0 fully saturated rings. The zero-order valence-electron chi connectivity index (χ0n) is 67.2. The van der Waals surface area contributed by atoms with Crippen molar-refractivity contribution < 1.29 is 80.2 Å². The first kappa shape index (κ1) is 102. The van der Waals surface area contributed by atoms with Crippen molar-refractivity contribution in [2.75, 3.05) is 39.6 Å². The molecule has 19 heteroatoms. The molecule has 0 aromatic rings. The number of esters is 4. The maximum Gasteiger partial charge on any atom is 0.472 e. The van der Waals surface area contributed by atoms with Gasteiger partial charge < -0.3 is 33.8 Å². The highest BCUT2D eigenvalue weighted by atomic mass is 31.2. The number of unbranched alkanes of at least 4 members (excludes halogenated alkanes) is 22. The number of allylic oxidation sites excluding steroid dienone is 28. The lowest BCUT2D eigenvalue weighted by Crippen LogP contribution is -2.30. The Morgan fingerprint density at radius 2 is 0.481 bits per heavy atom. The van der Waals surface area contributed by atoms with Crippen molar-refractivity contribution in [2.45, 2.75) is 329 Å². The molecule has 5 atom stereocenters. The number of aliphatic hydroxyl groups is 1. The summed E-state index contributed by atoms with van der Waals surface area (Å²) in [5, 5.41) is 10.7. The average Bonchev–Trinajstić information content (AvgIpc) is 0.899. The van der Waals surface area contributed by atoms with E-state index >= 15 is 0 Å². The second-order valence-corrected chi connectivity index (χ2v) is 29.8. The van der Waals surface area contributed by atoms with Crippen LogP contribution in [-0.4, -0.2) is 96.7 Å². The summed E-state index contributed by atoms with van der Waals surface area (Å²) in [4.78, 5) is 73.1. The molecule has 0 aliphatic rings. The Bertz CT molecular complexity index is 2710. The number of ether oxygens (including phenoxy) is 4. The molecule has 0 bridgehead atoms. The number of hydrogen-bond donors (Lipinski definition) is 3. The van der Waals surface area contributed by atoms with E-state index < -0.39 is 97.5 Å². The van der Waals surface area contributed by atoms with Gasteiger partial charge in [0.05, 0.1) is 26.4 Å². The number of aliphatic hydroxyl groups excluding tert-OH is 1. The van der Waals surface area contributed by atoms with Gasteiger partial charge in [0.1, 0.15) is 19.3 Å². The van der Waals surface area contributed by atoms with Gasteiger partial charge in [0, 0.05) is 25.7 Å². The number of carbonyl (C=O) groups excluding carboxylic acids is 4. The fraction of sp³-hybridized carbons (Fsp3) is 0.640. The van der Waals surface area contributed by atoms with E-state index in [-0.39, 0.29) is 25.7 Å². The van der Waals surface area contributed by atoms with Gasteiger partial charge in [0.25, 0.3) is 0 Å². The maximum absolute atomic E-state index is 13.1. The van der Waals surface area contributed by atoms with Crippen LogP contribution in [0.1, 0.15) is 310 Å². The summed E-state index contributed by atoms with van der Waals surface area (Å²) in [7, 11) is -10.0. The SMILES string of the molecule is CC/C=C\C/C=C\C/C=C\C/C=C\CCCCC(=O)OCC(COP(=O)(O)OCC(O)COP(=O)(O)OCC(COC(=O)CCCCCCCC/C=C\C/C=C\C/C=C\CCCCC)OC(=O)CCCCCCCC/C=C\C/C=C\C/C=C\CCCCC)OC(=O)CCCC/C=C\C/C=C\C/C=C\C/C=C\CC. The third-order valence-electron chi connectivity index (χ3n) is 16.6. The van der Waals surface area contributed by atoms with Crippen LogP contribution in [0.3, 0.4) is 0 Å². The molecule has 0 rings (SSSR count). The molecule has 0 radical (unpaired) electrons. The van der Waals surface area contributed by atoms with Gasteiger partial charge in [-0.15, -0.1) is 0 Å². The minimum Gasteiger partial charge on any atom is -0.462 e. The number of rotatable bonds is 76. The van der Waals surface area contributed by atoms with Crippen LogP contribution in [0.25, 0.3) is 0 Å². The Hall–Kier alpha value is -5.58. The predicted octanol–water partition coefficient (Wildman–Crippen LogP) is 24.6. The first-order chi connectivity index (χ1) is 52.7. The Labute approximate surface area is 654 Å². The quantitative estimate of drug-likeness (QED) is 0.0169. The Morgan fingerprint density at radius 1 is 0.269 bits per heavy atom. The van der Waals surface area contributed by atoms with Crippen molar-refractivity contribution in [2.24, 2.45) is 0 Å². The van der Waals surface area contributed by atoms with Crippen molar-refractivity contribution in [3.63, 3.8) is 0 Å². The fourth-order valence-corrected chi connectivity index (χ4v) is 12.0. The largest absolute Gasteiger partial charge is 0.472 e. The second-order valence-electron chi connectivity index (χ2n) is 26.9. The van der Waals surface area contributed by atoms with Crippen LogP contribution in [-0.2, 0) is 65.4 Å². The zero-order valence-corrected chi connectivity index (χ0v) is 69.0. The third-order valence-corrected chi connectivity index (χ3v) is 18.5. The van der Waals surface area contributed by atoms with Gasteiger partial charge in [0.15, 0.2) is 12.2 Å². The molecule has 0 aliphatic carbocycles. The van der Waals surface area contributed by atoms with Gasteiger partial charge in [0.2, 0.25) is 0 Å². The van der Waals surface area contributed by atoms with Gasteiger partial charge in [-0.25, -0.2) is 9.13 Å². The summed E-state index contributed by atoms with van der Waals surface area (Å²) in [6.07, 6.45) is 94.7. The van der Waals surface area contributed by atoms with Crippen molar-refractivity contribution in [3.8, 4) is 0 Å². The van der Waals surface area contributed by atoms with Crippen molar-refractivity contribution in [1.29, 1.82) is 0 Å². The average molecular weight is 1550 g/mol. The Kier molecular flexibility index (Phi) is 75.4. The fourth-order valence-electron chi connectivity index (χ4n) is 10.4. The zero-order chi connectivity index (χ0) is 78.9. The molecule has 3 N–H and O–H groups in total. The summed E-state index contributed by atoms with van der Waals surface area (Å²) in [6, 6.07) is 0. The molecule has 0 aromatic carbocycles. The summed E-state index contributed by atoms with van der Waals surface area (Å²) >= 11 is 0. The maximum atomic E-state index is 13.1. The van der Waals surface area contributed by atoms with Crippen LogP contribution < -0.4 is 0 Å². The molecule has 0 aromatic heterocycles. The van der Waals surface area contributed by atoms with E-state index in [0.29, 0.717) is 32.1 Å². The van der Waals surface area contributed by atoms with Crippen molar-refractivity contribution in [1.82, 2.24) is 0 Å². The number of phosphoric acid groups is 2. The lowest BCUT2D eigenvalue weighted by Gasteiger charge is -2.21. The van der Waals surface area contributed by atoms with Crippen LogP contribution in [0.2, 0.25) is 0 Å². The first-order valence-electron chi connectivity index (χ1n) is 41.4. The van der Waals surface area contributed by atoms with Crippen LogP contribution in [0.15, 0.2) is 170 Å². The normalized spacial score (nSPS) is 14.7. The van der Waals surface area contributed by atoms with E-state index in [1.807, 2.05) is 0 Å². The molecule has 108 heavy (non-hydrogen) atoms. The Morgan fingerprint density at radius 3 is 0.759 bits per heavy atom. The monoisotopic (exact) mass is 1550 g/mol. The lowest BCUT2D eigenvalue weighted by molar-refractivity contribution is -0.161. The highest BCUT2D eigenvalue weighted by Crippen LogP contribution is 2.45. The van der Waals surface area contributed by atoms with E-state index in [2.05, 4.69) is 198 Å². The molecule has 0 amide bonds. The standard InChI is InChI=1S/C89H146O17P2/c1-5-9-13-17-21-25-29-33-37-39-41-43-47-50-54-58-62-66-70-74-87(92)100-80-85(106-89(94)76-72-68-64-60-56-52-48-44-42-40-38-34-30-26-22-18-14-10-6-2)82-104-108(97,98)102-78-83(90)77-101-107(95,96)103-81-84(105-88(93)75-71-67-63-59-55-51-46-36-32-28-24-20-16-12-8-4)79-99-86(91)73-69-65-61-57-53-49-45-35-31-27-23-19-15-11-7-3/h11-12,15-16,21-28,33-38,41-46,53,55,57,59,83-85,90H,5-10,13-14,17-20,29-32,39-40,47-52,54,56,58,60-82H2,1-4H3,(H,95,96)(H,97,98)/b15-11-,16-12-,25-21-,26-22-,27-23-,28-24-,37-33-,38-34-,43-41-,44-42-,45-35-,46-36-,57-53-,59-55-. The van der Waals surface area contributed by atoms with E-state index in [0.717, 1.165) is 186 Å². The molecule has 0 spiro atoms. The molecule has 0 aliphatic heterocycles. The van der Waals surface area contributed by atoms with Crippen LogP contribution >= 0.6 is 15.6 Å². The van der Waals surface area contributed by atoms with E-state index in [1.165, 1.54) is 38.5 Å². The molecular weight excluding hydrogens is 1400 g/mol. The first-order valence-corrected chi connectivity index (χ1v) is 44.4. The lowest BCUT2D eigenvalue weighted by atomic mass is 10.1. The summed E-state index contributed by atoms with van der Waals surface area (Å²) in [6.45, 7) is 4.46. The van der Waals surface area contributed by atoms with Crippen LogP contribution in [0.5, 0.6) is 0 Å². The number of phosphoric ester groups is 2. The molecule has 0 saturated carbocycles. The molecule has 5 unspecified atom stereocenters. The summed E-state index contributed by atoms with van der Waals surface area (Å²) < 4.78 is 68.6. The van der Waals surface area contributed by atoms with Gasteiger partial charge in [-0.2, -0.15) is 0 Å². The molecule has 0 saturated heterocycles. The van der Waals surface area contributed by atoms with Gasteiger partial charge in [-0.1, -0.05) is 275 Å². The van der Waals surface area contributed by atoms with Gasteiger partial charge in [-0.3, -0.25) is 37.3 Å². The van der Waals surface area contributed by atoms with Crippen molar-refractivity contribution >= 4 is 39.5 Å². The molecule has 17 nitrogen and oxygen atoms in total.